The molecule has 1 aliphatic carbocycles. The number of methoxy groups -OCH3 is 5. The van der Waals surface area contributed by atoms with Crippen molar-refractivity contribution in [2.75, 3.05) is 55.7 Å². The van der Waals surface area contributed by atoms with Crippen LogP contribution in [0.15, 0.2) is 29.8 Å². The van der Waals surface area contributed by atoms with Crippen LogP contribution in [0.5, 0.6) is 28.7 Å². The molecule has 0 N–H and O–H groups in total. The van der Waals surface area contributed by atoms with Crippen molar-refractivity contribution in [3.8, 4) is 28.7 Å². The minimum absolute atomic E-state index is 0.467. The number of hydrogen-bond donors (Lipinski definition) is 0. The van der Waals surface area contributed by atoms with Gasteiger partial charge in [0.15, 0.2) is 23.0 Å². The molecule has 1 saturated heterocycles. The standard InChI is InChI=1S/C24H29NO5/c1-25-12-16-7-14-8-19(26-2)20(27-3)11-17(14)23(18(16)13-25)15-9-21(28-4)24(30-6)22(10-15)29-5/h8-11,16H,7,12-13H2,1-6H3. The molecule has 30 heavy (non-hydrogen) atoms. The molecule has 1 atom stereocenters. The van der Waals surface area contributed by atoms with E-state index in [4.69, 9.17) is 23.7 Å². The number of ether oxygens (including phenoxy) is 5. The van der Waals surface area contributed by atoms with Crippen molar-refractivity contribution in [2.24, 2.45) is 5.92 Å². The molecule has 2 aromatic rings. The van der Waals surface area contributed by atoms with Gasteiger partial charge in [0.2, 0.25) is 5.75 Å². The summed E-state index contributed by atoms with van der Waals surface area (Å²) in [4.78, 5) is 2.37. The number of likely N-dealkylation sites (N-methyl/N-ethyl adjacent to an activating group) is 1. The lowest BCUT2D eigenvalue weighted by atomic mass is 9.77. The fourth-order valence-electron chi connectivity index (χ4n) is 4.77. The summed E-state index contributed by atoms with van der Waals surface area (Å²) in [7, 11) is 10.4. The van der Waals surface area contributed by atoms with E-state index < -0.39 is 0 Å². The molecular weight excluding hydrogens is 382 g/mol. The lowest BCUT2D eigenvalue weighted by Gasteiger charge is -2.28. The van der Waals surface area contributed by atoms with E-state index in [1.807, 2.05) is 12.1 Å². The zero-order valence-electron chi connectivity index (χ0n) is 18.5. The van der Waals surface area contributed by atoms with Crippen LogP contribution in [0.4, 0.5) is 0 Å². The summed E-state index contributed by atoms with van der Waals surface area (Å²) in [6.07, 6.45) is 0.989. The first-order valence-corrected chi connectivity index (χ1v) is 10.0. The Hall–Kier alpha value is -2.86. The molecule has 6 heteroatoms. The van der Waals surface area contributed by atoms with Crippen LogP contribution < -0.4 is 23.7 Å². The van der Waals surface area contributed by atoms with E-state index in [0.717, 1.165) is 36.6 Å². The molecule has 2 aliphatic rings. The van der Waals surface area contributed by atoms with Gasteiger partial charge in [-0.25, -0.2) is 0 Å². The molecule has 0 bridgehead atoms. The molecule has 0 saturated carbocycles. The molecule has 0 spiro atoms. The minimum atomic E-state index is 0.467. The van der Waals surface area contributed by atoms with Gasteiger partial charge in [-0.05, 0) is 71.5 Å². The Labute approximate surface area is 177 Å². The minimum Gasteiger partial charge on any atom is -0.493 e. The molecule has 0 amide bonds. The predicted octanol–water partition coefficient (Wildman–Crippen LogP) is 3.65. The van der Waals surface area contributed by atoms with Gasteiger partial charge in [0.25, 0.3) is 0 Å². The van der Waals surface area contributed by atoms with Crippen LogP contribution in [0.2, 0.25) is 0 Å². The maximum atomic E-state index is 5.63. The monoisotopic (exact) mass is 411 g/mol. The van der Waals surface area contributed by atoms with E-state index in [-0.39, 0.29) is 0 Å². The molecule has 6 nitrogen and oxygen atoms in total. The molecule has 1 unspecified atom stereocenters. The summed E-state index contributed by atoms with van der Waals surface area (Å²) in [5.41, 5.74) is 6.13. The molecule has 2 aromatic carbocycles. The van der Waals surface area contributed by atoms with Gasteiger partial charge in [0.1, 0.15) is 0 Å². The average Bonchev–Trinajstić information content (AvgIpc) is 3.14. The van der Waals surface area contributed by atoms with E-state index in [0.29, 0.717) is 23.2 Å². The van der Waals surface area contributed by atoms with Crippen molar-refractivity contribution in [1.29, 1.82) is 0 Å². The van der Waals surface area contributed by atoms with Gasteiger partial charge in [-0.1, -0.05) is 0 Å². The third kappa shape index (κ3) is 3.25. The van der Waals surface area contributed by atoms with Crippen LogP contribution in [0.1, 0.15) is 16.7 Å². The fourth-order valence-corrected chi connectivity index (χ4v) is 4.77. The fraction of sp³-hybridized carbons (Fsp3) is 0.417. The lowest BCUT2D eigenvalue weighted by Crippen LogP contribution is -2.17. The van der Waals surface area contributed by atoms with Crippen LogP contribution in [0.3, 0.4) is 0 Å². The third-order valence-electron chi connectivity index (χ3n) is 6.08. The van der Waals surface area contributed by atoms with Gasteiger partial charge in [-0.2, -0.15) is 0 Å². The first-order chi connectivity index (χ1) is 14.5. The second-order valence-electron chi connectivity index (χ2n) is 7.78. The second kappa shape index (κ2) is 8.11. The highest BCUT2D eigenvalue weighted by Crippen LogP contribution is 2.48. The summed E-state index contributed by atoms with van der Waals surface area (Å²) in [5.74, 6) is 3.85. The molecule has 1 heterocycles. The smallest absolute Gasteiger partial charge is 0.203 e. The summed E-state index contributed by atoms with van der Waals surface area (Å²) in [6, 6.07) is 8.27. The largest absolute Gasteiger partial charge is 0.493 e. The van der Waals surface area contributed by atoms with Gasteiger partial charge in [-0.3, -0.25) is 0 Å². The summed E-state index contributed by atoms with van der Waals surface area (Å²) >= 11 is 0. The van der Waals surface area contributed by atoms with Crippen molar-refractivity contribution < 1.29 is 23.7 Å². The molecule has 160 valence electrons. The van der Waals surface area contributed by atoms with Crippen molar-refractivity contribution in [3.63, 3.8) is 0 Å². The number of likely N-dealkylation sites (tertiary alicyclic amines) is 1. The maximum absolute atomic E-state index is 5.63. The van der Waals surface area contributed by atoms with E-state index in [2.05, 4.69) is 24.1 Å². The van der Waals surface area contributed by atoms with Crippen LogP contribution in [-0.4, -0.2) is 60.6 Å². The van der Waals surface area contributed by atoms with Crippen molar-refractivity contribution >= 4 is 5.57 Å². The van der Waals surface area contributed by atoms with Gasteiger partial charge in [0.05, 0.1) is 35.5 Å². The second-order valence-corrected chi connectivity index (χ2v) is 7.78. The lowest BCUT2D eigenvalue weighted by molar-refractivity contribution is 0.324. The van der Waals surface area contributed by atoms with E-state index in [1.54, 1.807) is 35.5 Å². The predicted molar refractivity (Wildman–Crippen MR) is 116 cm³/mol. The molecule has 1 fully saturated rings. The van der Waals surface area contributed by atoms with Crippen molar-refractivity contribution in [2.45, 2.75) is 6.42 Å². The Bertz CT molecular complexity index is 972. The number of fused-ring (bicyclic) bond motifs is 2. The van der Waals surface area contributed by atoms with Gasteiger partial charge in [0, 0.05) is 13.1 Å². The molecular formula is C24H29NO5. The zero-order valence-corrected chi connectivity index (χ0v) is 18.5. The van der Waals surface area contributed by atoms with Crippen LogP contribution in [0.25, 0.3) is 5.57 Å². The molecule has 0 radical (unpaired) electrons. The average molecular weight is 411 g/mol. The van der Waals surface area contributed by atoms with Crippen LogP contribution in [-0.2, 0) is 6.42 Å². The first kappa shape index (κ1) is 20.4. The normalized spacial score (nSPS) is 18.0. The Morgan fingerprint density at radius 2 is 1.37 bits per heavy atom. The number of hydrogen-bond acceptors (Lipinski definition) is 6. The highest BCUT2D eigenvalue weighted by molar-refractivity contribution is 5.88. The van der Waals surface area contributed by atoms with Crippen molar-refractivity contribution in [3.05, 3.63) is 46.5 Å². The van der Waals surface area contributed by atoms with E-state index >= 15 is 0 Å². The number of nitrogens with zero attached hydrogens (tertiary/aromatic N) is 1. The summed E-state index contributed by atoms with van der Waals surface area (Å²) in [5, 5.41) is 0. The highest BCUT2D eigenvalue weighted by Gasteiger charge is 2.35. The third-order valence-corrected chi connectivity index (χ3v) is 6.08. The quantitative estimate of drug-likeness (QED) is 0.723. The Balaban J connectivity index is 1.98. The Kier molecular flexibility index (Phi) is 5.52. The van der Waals surface area contributed by atoms with Crippen LogP contribution >= 0.6 is 0 Å². The summed E-state index contributed by atoms with van der Waals surface area (Å²) in [6.45, 7) is 1.97. The van der Waals surface area contributed by atoms with Crippen LogP contribution in [0, 0.1) is 5.92 Å². The van der Waals surface area contributed by atoms with E-state index in [1.165, 1.54) is 22.3 Å². The Morgan fingerprint density at radius 3 is 1.93 bits per heavy atom. The van der Waals surface area contributed by atoms with Crippen molar-refractivity contribution in [1.82, 2.24) is 4.90 Å². The van der Waals surface area contributed by atoms with Gasteiger partial charge in [-0.15, -0.1) is 0 Å². The molecule has 1 aliphatic heterocycles. The van der Waals surface area contributed by atoms with E-state index in [9.17, 15) is 0 Å². The highest BCUT2D eigenvalue weighted by atomic mass is 16.5. The maximum Gasteiger partial charge on any atom is 0.203 e. The Morgan fingerprint density at radius 1 is 0.767 bits per heavy atom. The van der Waals surface area contributed by atoms with Gasteiger partial charge >= 0.3 is 0 Å². The summed E-state index contributed by atoms with van der Waals surface area (Å²) < 4.78 is 28.0. The number of benzene rings is 2. The van der Waals surface area contributed by atoms with Gasteiger partial charge < -0.3 is 28.6 Å². The number of rotatable bonds is 6. The first-order valence-electron chi connectivity index (χ1n) is 10.0. The zero-order chi connectivity index (χ0) is 21.4. The molecule has 4 rings (SSSR count). The SMILES string of the molecule is COc1cc2c(cc1OC)C(c1cc(OC)c(OC)c(OC)c1)=C1CN(C)CC1C2. The molecule has 0 aromatic heterocycles. The topological polar surface area (TPSA) is 49.4 Å².